The molecule has 2 atom stereocenters. The number of methoxy groups -OCH3 is 2. The summed E-state index contributed by atoms with van der Waals surface area (Å²) < 4.78 is 11.4. The van der Waals surface area contributed by atoms with E-state index in [1.807, 2.05) is 18.6 Å². The first-order valence-corrected chi connectivity index (χ1v) is 11.6. The van der Waals surface area contributed by atoms with Crippen molar-refractivity contribution in [3.8, 4) is 16.9 Å². The van der Waals surface area contributed by atoms with Crippen LogP contribution < -0.4 is 4.74 Å². The van der Waals surface area contributed by atoms with Crippen molar-refractivity contribution in [2.75, 3.05) is 27.4 Å². The van der Waals surface area contributed by atoms with E-state index in [1.54, 1.807) is 14.2 Å². The number of aromatic nitrogens is 3. The Kier molecular flexibility index (Phi) is 6.20. The SMILES string of the molecule is COCC1CCN(Cc2c(OC)cc(C)c3[nH]ccc23)[C@H](c2ccc(-c3cn[nH]c3)cc2)C1. The predicted octanol–water partition coefficient (Wildman–Crippen LogP) is 5.47. The number of nitrogens with one attached hydrogen (secondary N) is 2. The number of benzene rings is 2. The van der Waals surface area contributed by atoms with Crippen LogP contribution >= 0.6 is 0 Å². The van der Waals surface area contributed by atoms with E-state index in [-0.39, 0.29) is 0 Å². The fraction of sp³-hybridized carbons (Fsp3) is 0.370. The lowest BCUT2D eigenvalue weighted by Gasteiger charge is -2.40. The Balaban J connectivity index is 1.48. The molecule has 0 radical (unpaired) electrons. The molecule has 0 bridgehead atoms. The molecule has 1 fully saturated rings. The third-order valence-electron chi connectivity index (χ3n) is 7.04. The van der Waals surface area contributed by atoms with Gasteiger partial charge in [0.05, 0.1) is 13.3 Å². The van der Waals surface area contributed by atoms with Gasteiger partial charge in [-0.15, -0.1) is 0 Å². The maximum Gasteiger partial charge on any atom is 0.124 e. The summed E-state index contributed by atoms with van der Waals surface area (Å²) in [6.07, 6.45) is 8.05. The van der Waals surface area contributed by atoms with Crippen molar-refractivity contribution in [1.82, 2.24) is 20.1 Å². The third-order valence-corrected chi connectivity index (χ3v) is 7.04. The number of rotatable bonds is 7. The Bertz CT molecular complexity index is 1200. The van der Waals surface area contributed by atoms with Crippen LogP contribution in [-0.2, 0) is 11.3 Å². The summed E-state index contributed by atoms with van der Waals surface area (Å²) in [7, 11) is 3.58. The largest absolute Gasteiger partial charge is 0.496 e. The van der Waals surface area contributed by atoms with Crippen molar-refractivity contribution in [1.29, 1.82) is 0 Å². The van der Waals surface area contributed by atoms with Crippen LogP contribution in [0.25, 0.3) is 22.0 Å². The lowest BCUT2D eigenvalue weighted by atomic mass is 9.86. The van der Waals surface area contributed by atoms with Crippen LogP contribution in [0.5, 0.6) is 5.75 Å². The third kappa shape index (κ3) is 4.28. The van der Waals surface area contributed by atoms with Gasteiger partial charge in [0.25, 0.3) is 0 Å². The summed E-state index contributed by atoms with van der Waals surface area (Å²) in [5.41, 5.74) is 7.29. The van der Waals surface area contributed by atoms with E-state index in [2.05, 4.69) is 63.4 Å². The van der Waals surface area contributed by atoms with Gasteiger partial charge in [-0.3, -0.25) is 10.00 Å². The van der Waals surface area contributed by atoms with Crippen molar-refractivity contribution in [2.45, 2.75) is 32.4 Å². The normalized spacial score (nSPS) is 19.2. The van der Waals surface area contributed by atoms with Gasteiger partial charge in [-0.25, -0.2) is 0 Å². The highest BCUT2D eigenvalue weighted by molar-refractivity contribution is 5.88. The van der Waals surface area contributed by atoms with Gasteiger partial charge in [0.2, 0.25) is 0 Å². The maximum atomic E-state index is 5.83. The molecule has 1 saturated heterocycles. The predicted molar refractivity (Wildman–Crippen MR) is 131 cm³/mol. The van der Waals surface area contributed by atoms with Gasteiger partial charge in [0, 0.05) is 60.7 Å². The number of ether oxygens (including phenoxy) is 2. The van der Waals surface area contributed by atoms with Crippen molar-refractivity contribution in [2.24, 2.45) is 5.92 Å². The van der Waals surface area contributed by atoms with Crippen molar-refractivity contribution < 1.29 is 9.47 Å². The standard InChI is InChI=1S/C27H32N4O2/c1-18-12-26(33-3)24(23-8-10-28-27(18)23)16-31-11-9-19(17-32-2)13-25(31)21-6-4-20(5-7-21)22-14-29-30-15-22/h4-8,10,12,14-15,19,25,28H,9,11,13,16-17H2,1-3H3,(H,29,30)/t19?,25-/m0/s1. The molecule has 2 aromatic heterocycles. The van der Waals surface area contributed by atoms with Crippen LogP contribution in [0, 0.1) is 12.8 Å². The van der Waals surface area contributed by atoms with Gasteiger partial charge >= 0.3 is 0 Å². The molecule has 0 saturated carbocycles. The molecule has 0 spiro atoms. The fourth-order valence-corrected chi connectivity index (χ4v) is 5.30. The molecular formula is C27H32N4O2. The minimum Gasteiger partial charge on any atom is -0.496 e. The molecule has 0 aliphatic carbocycles. The molecule has 1 aliphatic heterocycles. The smallest absolute Gasteiger partial charge is 0.124 e. The number of fused-ring (bicyclic) bond motifs is 1. The Morgan fingerprint density at radius 3 is 2.70 bits per heavy atom. The molecule has 0 amide bonds. The van der Waals surface area contributed by atoms with Gasteiger partial charge < -0.3 is 14.5 Å². The zero-order chi connectivity index (χ0) is 22.8. The Morgan fingerprint density at radius 2 is 1.97 bits per heavy atom. The number of hydrogen-bond donors (Lipinski definition) is 2. The summed E-state index contributed by atoms with van der Waals surface area (Å²) in [5, 5.41) is 8.23. The second-order valence-electron chi connectivity index (χ2n) is 9.08. The molecule has 2 aromatic carbocycles. The Labute approximate surface area is 194 Å². The molecular weight excluding hydrogens is 412 g/mol. The number of hydrogen-bond acceptors (Lipinski definition) is 4. The zero-order valence-electron chi connectivity index (χ0n) is 19.6. The first-order chi connectivity index (χ1) is 16.2. The zero-order valence-corrected chi connectivity index (χ0v) is 19.6. The Morgan fingerprint density at radius 1 is 1.12 bits per heavy atom. The molecule has 1 aliphatic rings. The summed E-state index contributed by atoms with van der Waals surface area (Å²) in [4.78, 5) is 6.01. The lowest BCUT2D eigenvalue weighted by molar-refractivity contribution is 0.0580. The van der Waals surface area contributed by atoms with Crippen LogP contribution in [0.15, 0.2) is 55.0 Å². The second-order valence-corrected chi connectivity index (χ2v) is 9.08. The second kappa shape index (κ2) is 9.41. The maximum absolute atomic E-state index is 5.83. The van der Waals surface area contributed by atoms with Crippen molar-refractivity contribution in [3.05, 3.63) is 71.7 Å². The van der Waals surface area contributed by atoms with Crippen LogP contribution in [-0.4, -0.2) is 47.5 Å². The number of nitrogens with zero attached hydrogens (tertiary/aromatic N) is 2. The van der Waals surface area contributed by atoms with E-state index >= 15 is 0 Å². The summed E-state index contributed by atoms with van der Waals surface area (Å²) in [6, 6.07) is 13.6. The number of likely N-dealkylation sites (tertiary alicyclic amines) is 1. The molecule has 6 nitrogen and oxygen atoms in total. The summed E-state index contributed by atoms with van der Waals surface area (Å²) >= 11 is 0. The first-order valence-electron chi connectivity index (χ1n) is 11.6. The van der Waals surface area contributed by atoms with Crippen LogP contribution in [0.4, 0.5) is 0 Å². The van der Waals surface area contributed by atoms with Gasteiger partial charge in [-0.05, 0) is 61.1 Å². The van der Waals surface area contributed by atoms with E-state index in [9.17, 15) is 0 Å². The quantitative estimate of drug-likeness (QED) is 0.396. The van der Waals surface area contributed by atoms with E-state index < -0.39 is 0 Å². The van der Waals surface area contributed by atoms with E-state index in [4.69, 9.17) is 9.47 Å². The highest BCUT2D eigenvalue weighted by atomic mass is 16.5. The number of aromatic amines is 2. The van der Waals surface area contributed by atoms with Gasteiger partial charge in [-0.1, -0.05) is 24.3 Å². The number of aryl methyl sites for hydroxylation is 1. The monoisotopic (exact) mass is 444 g/mol. The highest BCUT2D eigenvalue weighted by Crippen LogP contribution is 2.39. The van der Waals surface area contributed by atoms with Gasteiger partial charge in [0.1, 0.15) is 5.75 Å². The van der Waals surface area contributed by atoms with E-state index in [0.717, 1.165) is 43.9 Å². The Hall–Kier alpha value is -3.09. The summed E-state index contributed by atoms with van der Waals surface area (Å²) in [5.74, 6) is 1.53. The number of piperidine rings is 1. The highest BCUT2D eigenvalue weighted by Gasteiger charge is 2.31. The molecule has 6 heteroatoms. The van der Waals surface area contributed by atoms with Crippen molar-refractivity contribution >= 4 is 10.9 Å². The average molecular weight is 445 g/mol. The minimum absolute atomic E-state index is 0.331. The molecule has 3 heterocycles. The lowest BCUT2D eigenvalue weighted by Crippen LogP contribution is -2.37. The molecule has 5 rings (SSSR count). The first kappa shape index (κ1) is 21.7. The topological polar surface area (TPSA) is 66.2 Å². The molecule has 2 N–H and O–H groups in total. The molecule has 33 heavy (non-hydrogen) atoms. The minimum atomic E-state index is 0.331. The van der Waals surface area contributed by atoms with Crippen LogP contribution in [0.1, 0.15) is 35.6 Å². The van der Waals surface area contributed by atoms with Crippen LogP contribution in [0.3, 0.4) is 0 Å². The van der Waals surface area contributed by atoms with E-state index in [0.29, 0.717) is 12.0 Å². The molecule has 4 aromatic rings. The van der Waals surface area contributed by atoms with Crippen molar-refractivity contribution in [3.63, 3.8) is 0 Å². The number of H-pyrrole nitrogens is 2. The summed E-state index contributed by atoms with van der Waals surface area (Å²) in [6.45, 7) is 4.83. The van der Waals surface area contributed by atoms with Gasteiger partial charge in [-0.2, -0.15) is 5.10 Å². The van der Waals surface area contributed by atoms with Crippen LogP contribution in [0.2, 0.25) is 0 Å². The van der Waals surface area contributed by atoms with E-state index in [1.165, 1.54) is 33.2 Å². The fourth-order valence-electron chi connectivity index (χ4n) is 5.30. The average Bonchev–Trinajstić information content (AvgIpc) is 3.55. The molecule has 1 unspecified atom stereocenters. The molecule has 172 valence electrons. The van der Waals surface area contributed by atoms with Gasteiger partial charge in [0.15, 0.2) is 0 Å².